The third-order valence-corrected chi connectivity index (χ3v) is 4.49. The molecule has 1 aromatic rings. The molecular weight excluding hydrogens is 220 g/mol. The molecule has 4 nitrogen and oxygen atoms in total. The lowest BCUT2D eigenvalue weighted by Crippen LogP contribution is -2.31. The molecule has 1 saturated heterocycles. The zero-order valence-corrected chi connectivity index (χ0v) is 10.5. The Morgan fingerprint density at radius 2 is 2.44 bits per heavy atom. The molecule has 1 aliphatic heterocycles. The van der Waals surface area contributed by atoms with Crippen LogP contribution in [0.1, 0.15) is 31.9 Å². The Balaban J connectivity index is 1.67. The Labute approximate surface area is 100 Å². The summed E-state index contributed by atoms with van der Waals surface area (Å²) in [5.41, 5.74) is 1.14. The van der Waals surface area contributed by atoms with Crippen LogP contribution in [0.3, 0.4) is 0 Å². The van der Waals surface area contributed by atoms with Gasteiger partial charge in [-0.05, 0) is 32.1 Å². The standard InChI is InChI=1S/C11H18N4S/c1-2-12-11-10(13-14-16-11)7-15-6-8-3-4-9(15)5-8/h8-9,12H,2-7H2,1H3. The highest BCUT2D eigenvalue weighted by Gasteiger charge is 2.38. The number of piperidine rings is 1. The van der Waals surface area contributed by atoms with Crippen LogP contribution in [-0.2, 0) is 6.54 Å². The van der Waals surface area contributed by atoms with Gasteiger partial charge in [0.05, 0.1) is 0 Å². The normalized spacial score (nSPS) is 28.8. The Morgan fingerprint density at radius 1 is 1.50 bits per heavy atom. The number of likely N-dealkylation sites (tertiary alicyclic amines) is 1. The van der Waals surface area contributed by atoms with Crippen LogP contribution in [0.15, 0.2) is 0 Å². The van der Waals surface area contributed by atoms with Crippen molar-refractivity contribution < 1.29 is 0 Å². The smallest absolute Gasteiger partial charge is 0.134 e. The average molecular weight is 238 g/mol. The average Bonchev–Trinajstić information content (AvgIpc) is 2.96. The van der Waals surface area contributed by atoms with Gasteiger partial charge in [-0.2, -0.15) is 0 Å². The first kappa shape index (κ1) is 10.5. The molecule has 2 bridgehead atoms. The van der Waals surface area contributed by atoms with Gasteiger partial charge in [0.25, 0.3) is 0 Å². The highest BCUT2D eigenvalue weighted by Crippen LogP contribution is 2.38. The van der Waals surface area contributed by atoms with E-state index in [1.807, 2.05) is 0 Å². The van der Waals surface area contributed by atoms with Crippen LogP contribution in [0, 0.1) is 5.92 Å². The fourth-order valence-electron chi connectivity index (χ4n) is 3.02. The number of hydrogen-bond acceptors (Lipinski definition) is 5. The van der Waals surface area contributed by atoms with Crippen LogP contribution < -0.4 is 5.32 Å². The van der Waals surface area contributed by atoms with Gasteiger partial charge < -0.3 is 5.32 Å². The topological polar surface area (TPSA) is 41.1 Å². The fraction of sp³-hybridized carbons (Fsp3) is 0.818. The molecule has 0 spiro atoms. The molecule has 1 N–H and O–H groups in total. The van der Waals surface area contributed by atoms with Gasteiger partial charge in [-0.3, -0.25) is 4.90 Å². The number of nitrogens with zero attached hydrogens (tertiary/aromatic N) is 3. The second kappa shape index (κ2) is 4.30. The molecule has 0 aromatic carbocycles. The van der Waals surface area contributed by atoms with Crippen molar-refractivity contribution in [2.45, 2.75) is 38.8 Å². The predicted molar refractivity (Wildman–Crippen MR) is 65.6 cm³/mol. The van der Waals surface area contributed by atoms with Gasteiger partial charge in [-0.15, -0.1) is 5.10 Å². The van der Waals surface area contributed by atoms with E-state index < -0.39 is 0 Å². The maximum Gasteiger partial charge on any atom is 0.134 e. The molecule has 0 amide bonds. The molecule has 2 aliphatic rings. The third kappa shape index (κ3) is 1.82. The summed E-state index contributed by atoms with van der Waals surface area (Å²) in [5.74, 6) is 0.958. The summed E-state index contributed by atoms with van der Waals surface area (Å²) in [6, 6.07) is 0.821. The summed E-state index contributed by atoms with van der Waals surface area (Å²) in [7, 11) is 0. The Hall–Kier alpha value is -0.680. The Kier molecular flexibility index (Phi) is 2.81. The summed E-state index contributed by atoms with van der Waals surface area (Å²) < 4.78 is 4.05. The molecule has 16 heavy (non-hydrogen) atoms. The first-order valence-electron chi connectivity index (χ1n) is 6.16. The minimum atomic E-state index is 0.821. The van der Waals surface area contributed by atoms with E-state index in [4.69, 9.17) is 0 Å². The van der Waals surface area contributed by atoms with E-state index in [1.54, 1.807) is 0 Å². The van der Waals surface area contributed by atoms with Crippen LogP contribution in [0.25, 0.3) is 0 Å². The number of fused-ring (bicyclic) bond motifs is 2. The highest BCUT2D eigenvalue weighted by molar-refractivity contribution is 7.10. The van der Waals surface area contributed by atoms with Crippen LogP contribution >= 0.6 is 11.5 Å². The van der Waals surface area contributed by atoms with Gasteiger partial charge in [-0.1, -0.05) is 4.49 Å². The van der Waals surface area contributed by atoms with Crippen molar-refractivity contribution >= 4 is 16.5 Å². The fourth-order valence-corrected chi connectivity index (χ4v) is 3.66. The van der Waals surface area contributed by atoms with Gasteiger partial charge in [0.15, 0.2) is 0 Å². The molecule has 1 saturated carbocycles. The van der Waals surface area contributed by atoms with Gasteiger partial charge in [-0.25, -0.2) is 0 Å². The van der Waals surface area contributed by atoms with Crippen LogP contribution in [0.2, 0.25) is 0 Å². The minimum Gasteiger partial charge on any atom is -0.374 e. The molecule has 1 aromatic heterocycles. The summed E-state index contributed by atoms with van der Waals surface area (Å²) >= 11 is 1.48. The Morgan fingerprint density at radius 3 is 3.12 bits per heavy atom. The van der Waals surface area contributed by atoms with Crippen LogP contribution in [0.4, 0.5) is 5.00 Å². The van der Waals surface area contributed by atoms with Crippen LogP contribution in [0.5, 0.6) is 0 Å². The van der Waals surface area contributed by atoms with Crippen molar-refractivity contribution in [1.82, 2.24) is 14.5 Å². The number of nitrogens with one attached hydrogen (secondary N) is 1. The van der Waals surface area contributed by atoms with E-state index in [9.17, 15) is 0 Å². The molecule has 0 radical (unpaired) electrons. The maximum atomic E-state index is 4.25. The number of anilines is 1. The maximum absolute atomic E-state index is 4.25. The van der Waals surface area contributed by atoms with Crippen molar-refractivity contribution in [2.24, 2.45) is 5.92 Å². The molecule has 2 atom stereocenters. The molecule has 1 aliphatic carbocycles. The highest BCUT2D eigenvalue weighted by atomic mass is 32.1. The molecule has 5 heteroatoms. The zero-order chi connectivity index (χ0) is 11.0. The van der Waals surface area contributed by atoms with Crippen LogP contribution in [-0.4, -0.2) is 33.6 Å². The lowest BCUT2D eigenvalue weighted by molar-refractivity contribution is 0.203. The summed E-state index contributed by atoms with van der Waals surface area (Å²) in [4.78, 5) is 2.59. The van der Waals surface area contributed by atoms with Crippen molar-refractivity contribution in [1.29, 1.82) is 0 Å². The molecule has 3 rings (SSSR count). The monoisotopic (exact) mass is 238 g/mol. The van der Waals surface area contributed by atoms with Gasteiger partial charge >= 0.3 is 0 Å². The predicted octanol–water partition coefficient (Wildman–Crippen LogP) is 1.95. The second-order valence-corrected chi connectivity index (χ2v) is 5.60. The molecule has 2 unspecified atom stereocenters. The van der Waals surface area contributed by atoms with E-state index in [0.29, 0.717) is 0 Å². The molecule has 88 valence electrons. The van der Waals surface area contributed by atoms with Crippen molar-refractivity contribution in [3.63, 3.8) is 0 Å². The summed E-state index contributed by atoms with van der Waals surface area (Å²) in [6.45, 7) is 5.32. The van der Waals surface area contributed by atoms with E-state index in [2.05, 4.69) is 26.7 Å². The van der Waals surface area contributed by atoms with Gasteiger partial charge in [0.1, 0.15) is 10.7 Å². The third-order valence-electron chi connectivity index (χ3n) is 3.77. The van der Waals surface area contributed by atoms with E-state index >= 15 is 0 Å². The lowest BCUT2D eigenvalue weighted by Gasteiger charge is -2.25. The molecule has 2 fully saturated rings. The first-order valence-corrected chi connectivity index (χ1v) is 6.93. The minimum absolute atomic E-state index is 0.821. The van der Waals surface area contributed by atoms with E-state index in [0.717, 1.165) is 35.7 Å². The van der Waals surface area contributed by atoms with E-state index in [1.165, 1.54) is 37.3 Å². The quantitative estimate of drug-likeness (QED) is 0.870. The van der Waals surface area contributed by atoms with Gasteiger partial charge in [0.2, 0.25) is 0 Å². The lowest BCUT2D eigenvalue weighted by atomic mass is 10.1. The van der Waals surface area contributed by atoms with Gasteiger partial charge in [0, 0.05) is 37.2 Å². The largest absolute Gasteiger partial charge is 0.374 e. The second-order valence-electron chi connectivity index (χ2n) is 4.84. The SMILES string of the molecule is CCNc1snnc1CN1CC2CCC1C2. The van der Waals surface area contributed by atoms with Crippen molar-refractivity contribution in [3.8, 4) is 0 Å². The molecular formula is C11H18N4S. The summed E-state index contributed by atoms with van der Waals surface area (Å²) in [6.07, 6.45) is 4.24. The molecule has 2 heterocycles. The number of aromatic nitrogens is 2. The van der Waals surface area contributed by atoms with Crippen molar-refractivity contribution in [2.75, 3.05) is 18.4 Å². The first-order chi connectivity index (χ1) is 7.86. The van der Waals surface area contributed by atoms with E-state index in [-0.39, 0.29) is 0 Å². The number of hydrogen-bond donors (Lipinski definition) is 1. The zero-order valence-electron chi connectivity index (χ0n) is 9.65. The summed E-state index contributed by atoms with van der Waals surface area (Å²) in [5, 5.41) is 8.74. The number of rotatable bonds is 4. The Bertz CT molecular complexity index is 365. The van der Waals surface area contributed by atoms with Crippen molar-refractivity contribution in [3.05, 3.63) is 5.69 Å².